The number of ketones is 2. The number of benzene rings is 3. The van der Waals surface area contributed by atoms with Crippen LogP contribution in [0.3, 0.4) is 0 Å². The topological polar surface area (TPSA) is 52.6 Å². The normalized spacial score (nSPS) is 13.8. The van der Waals surface area contributed by atoms with Crippen molar-refractivity contribution in [3.05, 3.63) is 97.1 Å². The number of hydrogen-bond donors (Lipinski definition) is 0. The summed E-state index contributed by atoms with van der Waals surface area (Å²) < 4.78 is 12.4. The number of carbonyl (C=O) groups is 2. The third-order valence-corrected chi connectivity index (χ3v) is 6.02. The van der Waals surface area contributed by atoms with Gasteiger partial charge in [0, 0.05) is 31.2 Å². The molecule has 0 radical (unpaired) electrons. The standard InChI is InChI=1S/C24H15BrCl2O4/c1-13-21(30-12-20(28)14-5-7-15(25)8-6-14)10-9-16-23(29)22(31-24(13)16)11-17-18(26)3-2-4-19(17)27/h2-11H,12H2,1H3/b22-11-. The average molecular weight is 518 g/mol. The Kier molecular flexibility index (Phi) is 6.19. The van der Waals surface area contributed by atoms with Crippen LogP contribution in [0.5, 0.6) is 11.5 Å². The van der Waals surface area contributed by atoms with Gasteiger partial charge in [0.2, 0.25) is 5.78 Å². The molecule has 0 saturated heterocycles. The van der Waals surface area contributed by atoms with Gasteiger partial charge in [0.1, 0.15) is 11.5 Å². The molecule has 4 nitrogen and oxygen atoms in total. The monoisotopic (exact) mass is 516 g/mol. The zero-order chi connectivity index (χ0) is 22.1. The summed E-state index contributed by atoms with van der Waals surface area (Å²) in [5.74, 6) is 0.558. The van der Waals surface area contributed by atoms with E-state index in [9.17, 15) is 9.59 Å². The number of Topliss-reactive ketones (excluding diaryl/α,β-unsaturated/α-hetero) is 2. The lowest BCUT2D eigenvalue weighted by molar-refractivity contribution is 0.0920. The summed E-state index contributed by atoms with van der Waals surface area (Å²) in [4.78, 5) is 25.2. The van der Waals surface area contributed by atoms with Crippen LogP contribution < -0.4 is 9.47 Å². The first-order chi connectivity index (χ1) is 14.8. The van der Waals surface area contributed by atoms with E-state index in [4.69, 9.17) is 32.7 Å². The van der Waals surface area contributed by atoms with Gasteiger partial charge < -0.3 is 9.47 Å². The summed E-state index contributed by atoms with van der Waals surface area (Å²) in [7, 11) is 0. The fraction of sp³-hybridized carbons (Fsp3) is 0.0833. The SMILES string of the molecule is Cc1c(OCC(=O)c2ccc(Br)cc2)ccc2c1O/C(=C\c1c(Cl)cccc1Cl)C2=O. The zero-order valence-electron chi connectivity index (χ0n) is 16.2. The number of ether oxygens (including phenoxy) is 2. The lowest BCUT2D eigenvalue weighted by atomic mass is 10.1. The Labute approximate surface area is 197 Å². The minimum Gasteiger partial charge on any atom is -0.485 e. The third kappa shape index (κ3) is 4.40. The maximum Gasteiger partial charge on any atom is 0.231 e. The Balaban J connectivity index is 1.56. The van der Waals surface area contributed by atoms with E-state index >= 15 is 0 Å². The molecule has 31 heavy (non-hydrogen) atoms. The molecule has 0 atom stereocenters. The van der Waals surface area contributed by atoms with E-state index in [1.165, 1.54) is 6.08 Å². The summed E-state index contributed by atoms with van der Waals surface area (Å²) in [6.45, 7) is 1.64. The molecule has 7 heteroatoms. The van der Waals surface area contributed by atoms with Gasteiger partial charge in [-0.25, -0.2) is 0 Å². The smallest absolute Gasteiger partial charge is 0.231 e. The highest BCUT2D eigenvalue weighted by Crippen LogP contribution is 2.40. The molecule has 1 aliphatic rings. The molecular weight excluding hydrogens is 503 g/mol. The average Bonchev–Trinajstić information content (AvgIpc) is 3.07. The summed E-state index contributed by atoms with van der Waals surface area (Å²) in [5, 5.41) is 0.833. The number of fused-ring (bicyclic) bond motifs is 1. The van der Waals surface area contributed by atoms with Crippen molar-refractivity contribution in [1.29, 1.82) is 0 Å². The van der Waals surface area contributed by atoms with Gasteiger partial charge in [-0.15, -0.1) is 0 Å². The van der Waals surface area contributed by atoms with E-state index in [-0.39, 0.29) is 23.9 Å². The highest BCUT2D eigenvalue weighted by atomic mass is 79.9. The fourth-order valence-corrected chi connectivity index (χ4v) is 3.94. The lowest BCUT2D eigenvalue weighted by Gasteiger charge is -2.11. The molecule has 156 valence electrons. The molecule has 0 saturated carbocycles. The van der Waals surface area contributed by atoms with E-state index in [0.717, 1.165) is 4.47 Å². The molecule has 0 bridgehead atoms. The predicted octanol–water partition coefficient (Wildman–Crippen LogP) is 6.94. The minimum atomic E-state index is -0.272. The van der Waals surface area contributed by atoms with Crippen LogP contribution in [0.25, 0.3) is 6.08 Å². The fourth-order valence-electron chi connectivity index (χ4n) is 3.17. The largest absolute Gasteiger partial charge is 0.485 e. The molecule has 3 aromatic rings. The Morgan fingerprint density at radius 2 is 1.74 bits per heavy atom. The van der Waals surface area contributed by atoms with Crippen LogP contribution >= 0.6 is 39.1 Å². The van der Waals surface area contributed by atoms with Crippen LogP contribution in [0.15, 0.2) is 64.8 Å². The summed E-state index contributed by atoms with van der Waals surface area (Å²) in [6.07, 6.45) is 1.53. The molecule has 4 rings (SSSR count). The molecule has 1 heterocycles. The van der Waals surface area contributed by atoms with Crippen LogP contribution in [-0.4, -0.2) is 18.2 Å². The van der Waals surface area contributed by atoms with Gasteiger partial charge in [-0.05, 0) is 49.4 Å². The van der Waals surface area contributed by atoms with Gasteiger partial charge in [0.15, 0.2) is 18.1 Å². The molecule has 0 aromatic heterocycles. The maximum atomic E-state index is 12.8. The van der Waals surface area contributed by atoms with Crippen molar-refractivity contribution >= 4 is 56.8 Å². The second kappa shape index (κ2) is 8.87. The van der Waals surface area contributed by atoms with Gasteiger partial charge in [-0.1, -0.05) is 57.3 Å². The van der Waals surface area contributed by atoms with Crippen LogP contribution in [-0.2, 0) is 0 Å². The van der Waals surface area contributed by atoms with Gasteiger partial charge in [-0.3, -0.25) is 9.59 Å². The summed E-state index contributed by atoms with van der Waals surface area (Å²) >= 11 is 15.7. The predicted molar refractivity (Wildman–Crippen MR) is 125 cm³/mol. The van der Waals surface area contributed by atoms with Crippen molar-refractivity contribution < 1.29 is 19.1 Å². The van der Waals surface area contributed by atoms with E-state index in [2.05, 4.69) is 15.9 Å². The Morgan fingerprint density at radius 1 is 1.06 bits per heavy atom. The number of carbonyl (C=O) groups excluding carboxylic acids is 2. The van der Waals surface area contributed by atoms with Crippen molar-refractivity contribution in [2.75, 3.05) is 6.61 Å². The molecule has 0 aliphatic carbocycles. The molecule has 3 aromatic carbocycles. The Hall–Kier alpha value is -2.60. The van der Waals surface area contributed by atoms with Gasteiger partial charge in [0.05, 0.1) is 5.56 Å². The van der Waals surface area contributed by atoms with Crippen molar-refractivity contribution in [3.63, 3.8) is 0 Å². The minimum absolute atomic E-state index is 0.121. The van der Waals surface area contributed by atoms with Crippen LogP contribution in [0, 0.1) is 6.92 Å². The number of hydrogen-bond acceptors (Lipinski definition) is 4. The van der Waals surface area contributed by atoms with Gasteiger partial charge in [-0.2, -0.15) is 0 Å². The first-order valence-electron chi connectivity index (χ1n) is 9.28. The number of allylic oxidation sites excluding steroid dienone is 1. The second-order valence-electron chi connectivity index (χ2n) is 6.86. The molecule has 0 unspecified atom stereocenters. The first kappa shape index (κ1) is 21.6. The quantitative estimate of drug-likeness (QED) is 0.271. The highest BCUT2D eigenvalue weighted by Gasteiger charge is 2.30. The van der Waals surface area contributed by atoms with Gasteiger partial charge >= 0.3 is 0 Å². The van der Waals surface area contributed by atoms with Gasteiger partial charge in [0.25, 0.3) is 0 Å². The second-order valence-corrected chi connectivity index (χ2v) is 8.59. The highest BCUT2D eigenvalue weighted by molar-refractivity contribution is 9.10. The van der Waals surface area contributed by atoms with Crippen LogP contribution in [0.4, 0.5) is 0 Å². The van der Waals surface area contributed by atoms with Crippen LogP contribution in [0.1, 0.15) is 31.8 Å². The molecule has 1 aliphatic heterocycles. The van der Waals surface area contributed by atoms with E-state index in [0.29, 0.717) is 43.8 Å². The third-order valence-electron chi connectivity index (χ3n) is 4.84. The van der Waals surface area contributed by atoms with Crippen LogP contribution in [0.2, 0.25) is 10.0 Å². The number of halogens is 3. The number of rotatable bonds is 5. The Bertz CT molecular complexity index is 1210. The summed E-state index contributed by atoms with van der Waals surface area (Å²) in [5.41, 5.74) is 2.10. The van der Waals surface area contributed by atoms with Crippen molar-refractivity contribution in [3.8, 4) is 11.5 Å². The van der Waals surface area contributed by atoms with Crippen molar-refractivity contribution in [2.24, 2.45) is 0 Å². The molecule has 0 fully saturated rings. The molecule has 0 spiro atoms. The van der Waals surface area contributed by atoms with E-state index in [1.807, 2.05) is 0 Å². The first-order valence-corrected chi connectivity index (χ1v) is 10.8. The van der Waals surface area contributed by atoms with E-state index < -0.39 is 0 Å². The van der Waals surface area contributed by atoms with Crippen molar-refractivity contribution in [2.45, 2.75) is 6.92 Å². The summed E-state index contributed by atoms with van der Waals surface area (Å²) in [6, 6.07) is 15.4. The van der Waals surface area contributed by atoms with E-state index in [1.54, 1.807) is 61.5 Å². The van der Waals surface area contributed by atoms with Crippen molar-refractivity contribution in [1.82, 2.24) is 0 Å². The molecule has 0 N–H and O–H groups in total. The molecule has 0 amide bonds. The zero-order valence-corrected chi connectivity index (χ0v) is 19.3. The lowest BCUT2D eigenvalue weighted by Crippen LogP contribution is -2.12. The maximum absolute atomic E-state index is 12.8. The molecular formula is C24H15BrCl2O4. The Morgan fingerprint density at radius 3 is 2.42 bits per heavy atom.